The van der Waals surface area contributed by atoms with Gasteiger partial charge in [-0.05, 0) is 24.1 Å². The number of benzene rings is 1. The minimum Gasteiger partial charge on any atom is -0.382 e. The van der Waals surface area contributed by atoms with Crippen molar-refractivity contribution in [1.82, 2.24) is 4.98 Å². The number of hydrogen-bond acceptors (Lipinski definition) is 5. The van der Waals surface area contributed by atoms with Crippen LogP contribution < -0.4 is 16.8 Å². The van der Waals surface area contributed by atoms with Crippen molar-refractivity contribution < 1.29 is 9.90 Å². The number of carbonyl (C=O) groups is 1. The summed E-state index contributed by atoms with van der Waals surface area (Å²) in [5.74, 6) is -0.409. The summed E-state index contributed by atoms with van der Waals surface area (Å²) in [5, 5.41) is 12.5. The summed E-state index contributed by atoms with van der Waals surface area (Å²) in [5.41, 5.74) is 12.8. The molecule has 6 heteroatoms. The van der Waals surface area contributed by atoms with Crippen LogP contribution in [0.4, 0.5) is 11.5 Å². The first-order valence-corrected chi connectivity index (χ1v) is 6.57. The van der Waals surface area contributed by atoms with Crippen LogP contribution in [0.15, 0.2) is 48.7 Å². The minimum atomic E-state index is -1.33. The molecule has 110 valence electrons. The second-order valence-electron chi connectivity index (χ2n) is 4.72. The zero-order valence-corrected chi connectivity index (χ0v) is 11.4. The molecule has 0 radical (unpaired) electrons. The lowest BCUT2D eigenvalue weighted by molar-refractivity contribution is -0.124. The van der Waals surface area contributed by atoms with Gasteiger partial charge >= 0.3 is 0 Å². The van der Waals surface area contributed by atoms with Crippen LogP contribution in [0.1, 0.15) is 5.56 Å². The third kappa shape index (κ3) is 4.01. The molecule has 1 aromatic heterocycles. The molecule has 1 heterocycles. The van der Waals surface area contributed by atoms with E-state index in [4.69, 9.17) is 11.5 Å². The molecular weight excluding hydrogens is 268 g/mol. The fraction of sp³-hybridized carbons (Fsp3) is 0.200. The first kappa shape index (κ1) is 15.0. The quantitative estimate of drug-likeness (QED) is 0.640. The summed E-state index contributed by atoms with van der Waals surface area (Å²) in [6.45, 7) is 0. The van der Waals surface area contributed by atoms with Gasteiger partial charge in [0, 0.05) is 12.2 Å². The van der Waals surface area contributed by atoms with E-state index in [1.165, 1.54) is 6.20 Å². The van der Waals surface area contributed by atoms with Crippen molar-refractivity contribution in [1.29, 1.82) is 0 Å². The van der Waals surface area contributed by atoms with Crippen molar-refractivity contribution in [3.05, 3.63) is 54.2 Å². The predicted molar refractivity (Wildman–Crippen MR) is 81.4 cm³/mol. The Hall–Kier alpha value is -2.44. The second kappa shape index (κ2) is 6.83. The highest BCUT2D eigenvalue weighted by Gasteiger charge is 2.23. The van der Waals surface area contributed by atoms with Gasteiger partial charge in [0.05, 0.1) is 5.69 Å². The summed E-state index contributed by atoms with van der Waals surface area (Å²) in [4.78, 5) is 15.8. The second-order valence-corrected chi connectivity index (χ2v) is 4.72. The first-order valence-electron chi connectivity index (χ1n) is 6.57. The van der Waals surface area contributed by atoms with E-state index in [2.05, 4.69) is 10.3 Å². The molecule has 0 saturated heterocycles. The number of aliphatic hydroxyl groups is 1. The Morgan fingerprint density at radius 3 is 2.62 bits per heavy atom. The molecule has 0 fully saturated rings. The van der Waals surface area contributed by atoms with Gasteiger partial charge in [0.2, 0.25) is 0 Å². The van der Waals surface area contributed by atoms with Gasteiger partial charge in [0.15, 0.2) is 0 Å². The molecule has 2 aromatic rings. The molecule has 21 heavy (non-hydrogen) atoms. The van der Waals surface area contributed by atoms with Crippen LogP contribution in [0.5, 0.6) is 0 Å². The molecule has 1 aromatic carbocycles. The predicted octanol–water partition coefficient (Wildman–Crippen LogP) is 0.533. The monoisotopic (exact) mass is 286 g/mol. The molecule has 6 N–H and O–H groups in total. The summed E-state index contributed by atoms with van der Waals surface area (Å²) in [7, 11) is 0. The van der Waals surface area contributed by atoms with E-state index in [0.717, 1.165) is 5.56 Å². The third-order valence-electron chi connectivity index (χ3n) is 3.08. The highest BCUT2D eigenvalue weighted by atomic mass is 16.3. The molecule has 0 aliphatic rings. The van der Waals surface area contributed by atoms with E-state index in [1.54, 1.807) is 12.1 Å². The molecule has 0 aliphatic carbocycles. The maximum atomic E-state index is 12.0. The summed E-state index contributed by atoms with van der Waals surface area (Å²) in [6.07, 6.45) is 0.588. The van der Waals surface area contributed by atoms with E-state index in [0.29, 0.717) is 12.1 Å². The zero-order valence-electron chi connectivity index (χ0n) is 11.4. The number of nitrogens with two attached hydrogens (primary N) is 2. The number of hydrogen-bond donors (Lipinski definition) is 4. The smallest absolute Gasteiger partial charge is 0.254 e. The number of amides is 1. The molecule has 0 bridgehead atoms. The number of aliphatic hydroxyl groups excluding tert-OH is 1. The van der Waals surface area contributed by atoms with E-state index in [-0.39, 0.29) is 5.82 Å². The zero-order chi connectivity index (χ0) is 15.2. The number of carbonyl (C=O) groups excluding carboxylic acids is 1. The number of anilines is 2. The van der Waals surface area contributed by atoms with Gasteiger partial charge in [0.25, 0.3) is 5.91 Å². The van der Waals surface area contributed by atoms with Crippen LogP contribution in [0.3, 0.4) is 0 Å². The van der Waals surface area contributed by atoms with Crippen LogP contribution in [0, 0.1) is 0 Å². The van der Waals surface area contributed by atoms with Crippen LogP contribution in [0.25, 0.3) is 0 Å². The third-order valence-corrected chi connectivity index (χ3v) is 3.08. The number of rotatable bonds is 5. The van der Waals surface area contributed by atoms with Gasteiger partial charge in [-0.25, -0.2) is 4.98 Å². The van der Waals surface area contributed by atoms with Crippen molar-refractivity contribution >= 4 is 17.4 Å². The Balaban J connectivity index is 1.97. The maximum absolute atomic E-state index is 12.0. The Bertz CT molecular complexity index is 604. The fourth-order valence-corrected chi connectivity index (χ4v) is 1.92. The highest BCUT2D eigenvalue weighted by Crippen LogP contribution is 2.14. The van der Waals surface area contributed by atoms with Gasteiger partial charge in [-0.1, -0.05) is 30.3 Å². The van der Waals surface area contributed by atoms with Gasteiger partial charge in [-0.3, -0.25) is 4.79 Å². The van der Waals surface area contributed by atoms with Gasteiger partial charge in [-0.2, -0.15) is 0 Å². The van der Waals surface area contributed by atoms with Gasteiger partial charge in [-0.15, -0.1) is 0 Å². The number of nitrogens with zero attached hydrogens (tertiary/aromatic N) is 1. The standard InChI is InChI=1S/C15H18N4O2/c16-11(9-10-5-2-1-3-6-10)13(20)15(21)19-12-7-4-8-18-14(12)17/h1-8,11,13,20H,9,16H2,(H2,17,18)(H,19,21)/t11-,13+/m1/s1. The molecule has 0 aliphatic heterocycles. The van der Waals surface area contributed by atoms with Crippen molar-refractivity contribution in [3.63, 3.8) is 0 Å². The van der Waals surface area contributed by atoms with Crippen LogP contribution in [-0.2, 0) is 11.2 Å². The molecule has 0 unspecified atom stereocenters. The van der Waals surface area contributed by atoms with E-state index in [9.17, 15) is 9.90 Å². The summed E-state index contributed by atoms with van der Waals surface area (Å²) >= 11 is 0. The molecule has 0 saturated carbocycles. The van der Waals surface area contributed by atoms with Crippen LogP contribution in [0.2, 0.25) is 0 Å². The van der Waals surface area contributed by atoms with E-state index >= 15 is 0 Å². The number of nitrogen functional groups attached to an aromatic ring is 1. The molecule has 6 nitrogen and oxygen atoms in total. The largest absolute Gasteiger partial charge is 0.382 e. The molecule has 1 amide bonds. The van der Waals surface area contributed by atoms with Crippen LogP contribution in [-0.4, -0.2) is 28.1 Å². The average molecular weight is 286 g/mol. The maximum Gasteiger partial charge on any atom is 0.254 e. The average Bonchev–Trinajstić information content (AvgIpc) is 2.49. The van der Waals surface area contributed by atoms with E-state index < -0.39 is 18.1 Å². The first-order chi connectivity index (χ1) is 10.1. The molecule has 0 spiro atoms. The van der Waals surface area contributed by atoms with Crippen LogP contribution >= 0.6 is 0 Å². The lowest BCUT2D eigenvalue weighted by atomic mass is 10.0. The van der Waals surface area contributed by atoms with Crippen molar-refractivity contribution in [2.24, 2.45) is 5.73 Å². The number of aromatic nitrogens is 1. The van der Waals surface area contributed by atoms with Gasteiger partial charge < -0.3 is 21.9 Å². The fourth-order valence-electron chi connectivity index (χ4n) is 1.92. The Morgan fingerprint density at radius 1 is 1.24 bits per heavy atom. The summed E-state index contributed by atoms with van der Waals surface area (Å²) in [6, 6.07) is 12.0. The van der Waals surface area contributed by atoms with Crippen molar-refractivity contribution in [2.75, 3.05) is 11.1 Å². The Labute approximate surface area is 122 Å². The Morgan fingerprint density at radius 2 is 1.95 bits per heavy atom. The lowest BCUT2D eigenvalue weighted by Crippen LogP contribution is -2.44. The minimum absolute atomic E-state index is 0.190. The van der Waals surface area contributed by atoms with Gasteiger partial charge in [0.1, 0.15) is 11.9 Å². The topological polar surface area (TPSA) is 114 Å². The Kier molecular flexibility index (Phi) is 4.86. The van der Waals surface area contributed by atoms with Crippen molar-refractivity contribution in [2.45, 2.75) is 18.6 Å². The molecular formula is C15H18N4O2. The number of nitrogens with one attached hydrogen (secondary N) is 1. The lowest BCUT2D eigenvalue weighted by Gasteiger charge is -2.18. The normalized spacial score (nSPS) is 13.4. The summed E-state index contributed by atoms with van der Waals surface area (Å²) < 4.78 is 0. The number of pyridine rings is 1. The van der Waals surface area contributed by atoms with E-state index in [1.807, 2.05) is 30.3 Å². The molecule has 2 atom stereocenters. The highest BCUT2D eigenvalue weighted by molar-refractivity contribution is 5.96. The SMILES string of the molecule is Nc1ncccc1NC(=O)[C@@H](O)[C@H](N)Cc1ccccc1. The molecule has 2 rings (SSSR count). The van der Waals surface area contributed by atoms with Crippen molar-refractivity contribution in [3.8, 4) is 0 Å².